The van der Waals surface area contributed by atoms with Crippen LogP contribution in [0.2, 0.25) is 0 Å². The van der Waals surface area contributed by atoms with Crippen LogP contribution in [0.15, 0.2) is 0 Å². The molecule has 3 unspecified atom stereocenters. The number of ether oxygens (including phenoxy) is 3. The zero-order valence-electron chi connectivity index (χ0n) is 23.6. The minimum Gasteiger partial charge on any atom is -0.368 e. The maximum absolute atomic E-state index is 9.18. The van der Waals surface area contributed by atoms with Crippen molar-refractivity contribution >= 4 is 0 Å². The number of aliphatic hydroxyl groups excluding tert-OH is 3. The van der Waals surface area contributed by atoms with E-state index in [2.05, 4.69) is 41.5 Å². The van der Waals surface area contributed by atoms with Gasteiger partial charge in [-0.25, -0.2) is 0 Å². The number of unbranched alkanes of at least 4 members (excludes halogenated alkanes) is 6. The fraction of sp³-hybridized carbons (Fsp3) is 1.00. The first-order valence-corrected chi connectivity index (χ1v) is 13.8. The minimum absolute atomic E-state index is 0. The molecule has 0 aromatic heterocycles. The van der Waals surface area contributed by atoms with Gasteiger partial charge in [0.25, 0.3) is 0 Å². The van der Waals surface area contributed by atoms with Crippen LogP contribution in [0, 0.1) is 0 Å². The molecular formula is C27H60O6Y. The Balaban J connectivity index is -0.000000196. The molecule has 34 heavy (non-hydrogen) atoms. The summed E-state index contributed by atoms with van der Waals surface area (Å²) in [7, 11) is 0. The summed E-state index contributed by atoms with van der Waals surface area (Å²) in [6.07, 6.45) is 13.8. The second-order valence-electron chi connectivity index (χ2n) is 8.46. The van der Waals surface area contributed by atoms with Crippen molar-refractivity contribution in [2.75, 3.05) is 19.8 Å². The van der Waals surface area contributed by atoms with Crippen LogP contribution in [0.5, 0.6) is 0 Å². The molecule has 6 nitrogen and oxygen atoms in total. The van der Waals surface area contributed by atoms with Crippen molar-refractivity contribution in [3.8, 4) is 0 Å². The number of rotatable bonds is 21. The van der Waals surface area contributed by atoms with Crippen molar-refractivity contribution in [3.05, 3.63) is 0 Å². The summed E-state index contributed by atoms with van der Waals surface area (Å²) in [5, 5.41) is 27.6. The Labute approximate surface area is 237 Å². The summed E-state index contributed by atoms with van der Waals surface area (Å²) >= 11 is 0. The van der Waals surface area contributed by atoms with Gasteiger partial charge in [0.1, 0.15) is 0 Å². The molecule has 0 fully saturated rings. The zero-order chi connectivity index (χ0) is 25.6. The Morgan fingerprint density at radius 3 is 0.794 bits per heavy atom. The minimum atomic E-state index is -0.526. The van der Waals surface area contributed by atoms with Gasteiger partial charge in [-0.1, -0.05) is 80.1 Å². The maximum atomic E-state index is 9.18. The van der Waals surface area contributed by atoms with Crippen LogP contribution >= 0.6 is 0 Å². The SMILES string of the molecule is CCCCOC(O)CCCC.CCCCOC(O)CCCC.CCCCOC(O)CCCC.[Y]. The molecule has 0 spiro atoms. The number of hydrogen-bond acceptors (Lipinski definition) is 6. The van der Waals surface area contributed by atoms with E-state index < -0.39 is 18.9 Å². The fourth-order valence-corrected chi connectivity index (χ4v) is 2.48. The van der Waals surface area contributed by atoms with Crippen LogP contribution < -0.4 is 0 Å². The third-order valence-electron chi connectivity index (χ3n) is 4.84. The molecule has 0 saturated heterocycles. The van der Waals surface area contributed by atoms with E-state index in [1.807, 2.05) is 0 Å². The molecule has 7 heteroatoms. The smallest absolute Gasteiger partial charge is 0.154 e. The average molecular weight is 570 g/mol. The summed E-state index contributed by atoms with van der Waals surface area (Å²) in [6, 6.07) is 0. The van der Waals surface area contributed by atoms with Gasteiger partial charge in [0, 0.05) is 52.5 Å². The molecule has 0 aliphatic heterocycles. The molecule has 0 aliphatic rings. The van der Waals surface area contributed by atoms with Gasteiger partial charge >= 0.3 is 0 Å². The average Bonchev–Trinajstić information content (AvgIpc) is 2.81. The van der Waals surface area contributed by atoms with Crippen molar-refractivity contribution in [2.24, 2.45) is 0 Å². The van der Waals surface area contributed by atoms with Gasteiger partial charge in [-0.2, -0.15) is 0 Å². The molecule has 207 valence electrons. The van der Waals surface area contributed by atoms with Crippen molar-refractivity contribution in [2.45, 2.75) is 157 Å². The van der Waals surface area contributed by atoms with Gasteiger partial charge in [0.05, 0.1) is 0 Å². The van der Waals surface area contributed by atoms with E-state index in [4.69, 9.17) is 14.2 Å². The molecule has 0 aromatic rings. The van der Waals surface area contributed by atoms with Crippen LogP contribution in [-0.4, -0.2) is 54.0 Å². The fourth-order valence-electron chi connectivity index (χ4n) is 2.48. The number of hydrogen-bond donors (Lipinski definition) is 3. The van der Waals surface area contributed by atoms with Crippen molar-refractivity contribution in [3.63, 3.8) is 0 Å². The normalized spacial score (nSPS) is 13.0. The first kappa shape index (κ1) is 42.0. The van der Waals surface area contributed by atoms with E-state index in [0.29, 0.717) is 19.8 Å². The summed E-state index contributed by atoms with van der Waals surface area (Å²) in [5.41, 5.74) is 0. The summed E-state index contributed by atoms with van der Waals surface area (Å²) in [4.78, 5) is 0. The van der Waals surface area contributed by atoms with Gasteiger partial charge in [-0.05, 0) is 57.8 Å². The molecular weight excluding hydrogens is 509 g/mol. The van der Waals surface area contributed by atoms with Gasteiger partial charge in [-0.3, -0.25) is 0 Å². The molecule has 3 atom stereocenters. The van der Waals surface area contributed by atoms with Crippen molar-refractivity contribution < 1.29 is 62.2 Å². The van der Waals surface area contributed by atoms with Gasteiger partial charge in [0.2, 0.25) is 0 Å². The van der Waals surface area contributed by atoms with Crippen LogP contribution in [0.4, 0.5) is 0 Å². The van der Waals surface area contributed by atoms with E-state index in [1.165, 1.54) is 0 Å². The summed E-state index contributed by atoms with van der Waals surface area (Å²) in [5.74, 6) is 0. The quantitative estimate of drug-likeness (QED) is 0.103. The Kier molecular flexibility index (Phi) is 47.4. The molecule has 0 heterocycles. The topological polar surface area (TPSA) is 88.4 Å². The first-order chi connectivity index (χ1) is 15.9. The molecule has 0 aliphatic carbocycles. The van der Waals surface area contributed by atoms with E-state index >= 15 is 0 Å². The molecule has 0 amide bonds. The Morgan fingerprint density at radius 1 is 0.412 bits per heavy atom. The van der Waals surface area contributed by atoms with Crippen molar-refractivity contribution in [1.82, 2.24) is 0 Å². The second kappa shape index (κ2) is 38.4. The van der Waals surface area contributed by atoms with E-state index in [1.54, 1.807) is 0 Å². The maximum Gasteiger partial charge on any atom is 0.154 e. The monoisotopic (exact) mass is 569 g/mol. The van der Waals surface area contributed by atoms with Crippen LogP contribution in [-0.2, 0) is 46.9 Å². The predicted molar refractivity (Wildman–Crippen MR) is 139 cm³/mol. The molecule has 3 N–H and O–H groups in total. The van der Waals surface area contributed by atoms with E-state index in [0.717, 1.165) is 96.3 Å². The number of aliphatic hydroxyl groups is 3. The van der Waals surface area contributed by atoms with Crippen LogP contribution in [0.25, 0.3) is 0 Å². The molecule has 0 bridgehead atoms. The molecule has 1 radical (unpaired) electrons. The first-order valence-electron chi connectivity index (χ1n) is 13.8. The van der Waals surface area contributed by atoms with Gasteiger partial charge in [-0.15, -0.1) is 0 Å². The van der Waals surface area contributed by atoms with Crippen LogP contribution in [0.3, 0.4) is 0 Å². The summed E-state index contributed by atoms with van der Waals surface area (Å²) < 4.78 is 15.4. The summed E-state index contributed by atoms with van der Waals surface area (Å²) in [6.45, 7) is 14.8. The molecule has 0 saturated carbocycles. The predicted octanol–water partition coefficient (Wildman–Crippen LogP) is 6.93. The van der Waals surface area contributed by atoms with Gasteiger partial charge in [0.15, 0.2) is 18.9 Å². The van der Waals surface area contributed by atoms with Gasteiger partial charge < -0.3 is 29.5 Å². The third-order valence-corrected chi connectivity index (χ3v) is 4.84. The molecule has 0 aromatic carbocycles. The standard InChI is InChI=1S/3C9H20O2.Y/c3*1-3-5-7-9(10)11-8-6-4-2;/h3*9-10H,3-8H2,1-2H3;. The second-order valence-corrected chi connectivity index (χ2v) is 8.46. The molecule has 0 rings (SSSR count). The van der Waals surface area contributed by atoms with E-state index in [9.17, 15) is 15.3 Å². The zero-order valence-corrected chi connectivity index (χ0v) is 26.4. The Bertz CT molecular complexity index is 276. The largest absolute Gasteiger partial charge is 0.368 e. The van der Waals surface area contributed by atoms with E-state index in [-0.39, 0.29) is 32.7 Å². The van der Waals surface area contributed by atoms with Crippen LogP contribution in [0.1, 0.15) is 138 Å². The Morgan fingerprint density at radius 2 is 0.618 bits per heavy atom. The third kappa shape index (κ3) is 43.0. The van der Waals surface area contributed by atoms with Crippen molar-refractivity contribution in [1.29, 1.82) is 0 Å². The Hall–Kier alpha value is 0.864.